The highest BCUT2D eigenvalue weighted by Gasteiger charge is 2.09. The summed E-state index contributed by atoms with van der Waals surface area (Å²) in [5, 5.41) is 0.792. The average molecular weight is 313 g/mol. The molecule has 1 aromatic heterocycles. The summed E-state index contributed by atoms with van der Waals surface area (Å²) in [7, 11) is 0. The van der Waals surface area contributed by atoms with Gasteiger partial charge in [0, 0.05) is 25.0 Å². The first-order chi connectivity index (χ1) is 9.47. The average Bonchev–Trinajstić information content (AvgIpc) is 2.38. The fraction of sp³-hybridized carbons (Fsp3) is 0.286. The zero-order valence-electron chi connectivity index (χ0n) is 11.1. The van der Waals surface area contributed by atoms with Crippen molar-refractivity contribution in [3.05, 3.63) is 51.0 Å². The zero-order chi connectivity index (χ0) is 14.7. The Bertz CT molecular complexity index is 668. The van der Waals surface area contributed by atoms with E-state index in [0.717, 1.165) is 0 Å². The van der Waals surface area contributed by atoms with Crippen LogP contribution in [0.5, 0.6) is 11.6 Å². The van der Waals surface area contributed by atoms with Gasteiger partial charge in [-0.2, -0.15) is 0 Å². The molecule has 0 N–H and O–H groups in total. The van der Waals surface area contributed by atoms with Crippen molar-refractivity contribution in [2.24, 2.45) is 5.92 Å². The van der Waals surface area contributed by atoms with Gasteiger partial charge in [-0.05, 0) is 18.1 Å². The van der Waals surface area contributed by atoms with Gasteiger partial charge in [0.15, 0.2) is 0 Å². The molecule has 0 saturated heterocycles. The van der Waals surface area contributed by atoms with Gasteiger partial charge >= 0.3 is 5.56 Å². The van der Waals surface area contributed by atoms with Crippen molar-refractivity contribution in [1.29, 1.82) is 0 Å². The molecule has 0 aliphatic rings. The Kier molecular flexibility index (Phi) is 4.68. The lowest BCUT2D eigenvalue weighted by Gasteiger charge is -2.10. The van der Waals surface area contributed by atoms with E-state index >= 15 is 0 Å². The fourth-order valence-corrected chi connectivity index (χ4v) is 1.97. The van der Waals surface area contributed by atoms with E-state index in [2.05, 4.69) is 4.98 Å². The molecule has 6 heteroatoms. The van der Waals surface area contributed by atoms with Crippen LogP contribution in [0.2, 0.25) is 10.0 Å². The van der Waals surface area contributed by atoms with Gasteiger partial charge in [0.25, 0.3) is 5.88 Å². The van der Waals surface area contributed by atoms with E-state index in [1.807, 2.05) is 13.8 Å². The summed E-state index contributed by atoms with van der Waals surface area (Å²) < 4.78 is 7.05. The highest BCUT2D eigenvalue weighted by Crippen LogP contribution is 2.27. The summed E-state index contributed by atoms with van der Waals surface area (Å²) in [5.41, 5.74) is -0.271. The minimum Gasteiger partial charge on any atom is -0.435 e. The molecule has 1 heterocycles. The van der Waals surface area contributed by atoms with Crippen molar-refractivity contribution in [2.75, 3.05) is 0 Å². The van der Waals surface area contributed by atoms with Crippen molar-refractivity contribution in [3.8, 4) is 11.6 Å². The van der Waals surface area contributed by atoms with Gasteiger partial charge in [0.1, 0.15) is 5.75 Å². The molecule has 0 spiro atoms. The van der Waals surface area contributed by atoms with Gasteiger partial charge in [0.05, 0.1) is 10.0 Å². The molecule has 0 amide bonds. The van der Waals surface area contributed by atoms with E-state index in [9.17, 15) is 4.79 Å². The second kappa shape index (κ2) is 6.29. The first kappa shape index (κ1) is 14.9. The molecular weight excluding hydrogens is 299 g/mol. The van der Waals surface area contributed by atoms with E-state index in [-0.39, 0.29) is 11.4 Å². The highest BCUT2D eigenvalue weighted by atomic mass is 35.5. The molecular formula is C14H14Cl2N2O2. The number of nitrogens with zero attached hydrogens (tertiary/aromatic N) is 2. The zero-order valence-corrected chi connectivity index (χ0v) is 12.6. The highest BCUT2D eigenvalue weighted by molar-refractivity contribution is 6.42. The van der Waals surface area contributed by atoms with E-state index < -0.39 is 0 Å². The third kappa shape index (κ3) is 3.52. The first-order valence-electron chi connectivity index (χ1n) is 6.15. The number of halogens is 2. The normalized spacial score (nSPS) is 10.8. The maximum Gasteiger partial charge on any atom is 0.313 e. The number of aromatic nitrogens is 2. The largest absolute Gasteiger partial charge is 0.435 e. The number of hydrogen-bond donors (Lipinski definition) is 0. The van der Waals surface area contributed by atoms with E-state index in [1.54, 1.807) is 29.0 Å². The van der Waals surface area contributed by atoms with Gasteiger partial charge in [-0.1, -0.05) is 37.0 Å². The Balaban J connectivity index is 2.29. The number of ether oxygens (including phenoxy) is 1. The second-order valence-electron chi connectivity index (χ2n) is 4.76. The third-order valence-electron chi connectivity index (χ3n) is 2.55. The molecule has 0 bridgehead atoms. The van der Waals surface area contributed by atoms with Gasteiger partial charge in [0.2, 0.25) is 0 Å². The first-order valence-corrected chi connectivity index (χ1v) is 6.91. The SMILES string of the molecule is CC(C)Cn1ccnc(Oc2ccc(Cl)c(Cl)c2)c1=O. The fourth-order valence-electron chi connectivity index (χ4n) is 1.69. The Morgan fingerprint density at radius 1 is 1.30 bits per heavy atom. The van der Waals surface area contributed by atoms with Crippen LogP contribution in [0.1, 0.15) is 13.8 Å². The lowest BCUT2D eigenvalue weighted by Crippen LogP contribution is -2.23. The van der Waals surface area contributed by atoms with Gasteiger partial charge in [-0.25, -0.2) is 4.98 Å². The maximum absolute atomic E-state index is 12.2. The molecule has 0 aliphatic heterocycles. The van der Waals surface area contributed by atoms with Crippen LogP contribution >= 0.6 is 23.2 Å². The standard InChI is InChI=1S/C14H14Cl2N2O2/c1-9(2)8-18-6-5-17-13(14(18)19)20-10-3-4-11(15)12(16)7-10/h3-7,9H,8H2,1-2H3. The van der Waals surface area contributed by atoms with Crippen molar-refractivity contribution in [2.45, 2.75) is 20.4 Å². The van der Waals surface area contributed by atoms with Gasteiger partial charge in [-0.3, -0.25) is 4.79 Å². The second-order valence-corrected chi connectivity index (χ2v) is 5.58. The number of hydrogen-bond acceptors (Lipinski definition) is 3. The molecule has 1 aromatic carbocycles. The minimum atomic E-state index is -0.271. The Morgan fingerprint density at radius 2 is 2.05 bits per heavy atom. The summed E-state index contributed by atoms with van der Waals surface area (Å²) in [6.07, 6.45) is 3.18. The van der Waals surface area contributed by atoms with Crippen LogP contribution in [0.4, 0.5) is 0 Å². The van der Waals surface area contributed by atoms with Crippen molar-refractivity contribution in [1.82, 2.24) is 9.55 Å². The number of benzene rings is 1. The maximum atomic E-state index is 12.2. The van der Waals surface area contributed by atoms with Crippen LogP contribution in [-0.4, -0.2) is 9.55 Å². The molecule has 20 heavy (non-hydrogen) atoms. The molecule has 0 aliphatic carbocycles. The lowest BCUT2D eigenvalue weighted by atomic mass is 10.2. The molecule has 0 atom stereocenters. The monoisotopic (exact) mass is 312 g/mol. The van der Waals surface area contributed by atoms with E-state index in [1.165, 1.54) is 6.20 Å². The summed E-state index contributed by atoms with van der Waals surface area (Å²) in [4.78, 5) is 16.1. The molecule has 2 aromatic rings. The van der Waals surface area contributed by atoms with Gasteiger partial charge < -0.3 is 9.30 Å². The molecule has 2 rings (SSSR count). The predicted octanol–water partition coefficient (Wildman–Crippen LogP) is 4.00. The Hall–Kier alpha value is -1.52. The summed E-state index contributed by atoms with van der Waals surface area (Å²) >= 11 is 11.7. The topological polar surface area (TPSA) is 44.1 Å². The smallest absolute Gasteiger partial charge is 0.313 e. The van der Waals surface area contributed by atoms with Gasteiger partial charge in [-0.15, -0.1) is 0 Å². The summed E-state index contributed by atoms with van der Waals surface area (Å²) in [6, 6.07) is 4.79. The molecule has 0 fully saturated rings. The van der Waals surface area contributed by atoms with Crippen molar-refractivity contribution in [3.63, 3.8) is 0 Å². The predicted molar refractivity (Wildman–Crippen MR) is 79.9 cm³/mol. The Labute approximate surface area is 126 Å². The van der Waals surface area contributed by atoms with Crippen molar-refractivity contribution < 1.29 is 4.74 Å². The van der Waals surface area contributed by atoms with Crippen LogP contribution in [0.3, 0.4) is 0 Å². The molecule has 106 valence electrons. The number of rotatable bonds is 4. The van der Waals surface area contributed by atoms with E-state index in [0.29, 0.717) is 28.3 Å². The van der Waals surface area contributed by atoms with E-state index in [4.69, 9.17) is 27.9 Å². The van der Waals surface area contributed by atoms with Crippen LogP contribution in [0.15, 0.2) is 35.4 Å². The summed E-state index contributed by atoms with van der Waals surface area (Å²) in [6.45, 7) is 4.68. The van der Waals surface area contributed by atoms with Crippen molar-refractivity contribution >= 4 is 23.2 Å². The summed E-state index contributed by atoms with van der Waals surface area (Å²) in [5.74, 6) is 0.797. The molecule has 0 unspecified atom stereocenters. The molecule has 0 saturated carbocycles. The van der Waals surface area contributed by atoms with Crippen LogP contribution in [0, 0.1) is 5.92 Å². The van der Waals surface area contributed by atoms with Crippen LogP contribution in [0.25, 0.3) is 0 Å². The lowest BCUT2D eigenvalue weighted by molar-refractivity contribution is 0.432. The molecule has 0 radical (unpaired) electrons. The Morgan fingerprint density at radius 3 is 2.70 bits per heavy atom. The third-order valence-corrected chi connectivity index (χ3v) is 3.29. The van der Waals surface area contributed by atoms with Crippen LogP contribution in [-0.2, 0) is 6.54 Å². The molecule has 4 nitrogen and oxygen atoms in total. The minimum absolute atomic E-state index is 0.0199. The van der Waals surface area contributed by atoms with Crippen LogP contribution < -0.4 is 10.3 Å². The quantitative estimate of drug-likeness (QED) is 0.857.